The molecule has 152 valence electrons. The van der Waals surface area contributed by atoms with Crippen LogP contribution in [0.1, 0.15) is 17.2 Å². The molecule has 2 aliphatic rings. The molecule has 0 aromatic heterocycles. The van der Waals surface area contributed by atoms with Crippen LogP contribution in [0.5, 0.6) is 0 Å². The van der Waals surface area contributed by atoms with Gasteiger partial charge in [-0.1, -0.05) is 65.8 Å². The number of carbonyl (C=O) groups excluding carboxylic acids is 2. The standard InChI is InChI=1S/C21H19N5O3S/c22-16-19(27)26-17(15(11-24-25-23)12-30-20(16)26)21(28)29-18(13-7-3-1-4-8-13)14-9-5-2-6-10-14/h1-10,16,18,20H,11-12,22H2/t16?,20-/m0/s1. The van der Waals surface area contributed by atoms with Crippen molar-refractivity contribution in [2.24, 2.45) is 10.8 Å². The predicted molar refractivity (Wildman–Crippen MR) is 113 cm³/mol. The summed E-state index contributed by atoms with van der Waals surface area (Å²) < 4.78 is 5.93. The first-order valence-electron chi connectivity index (χ1n) is 9.36. The molecule has 0 spiro atoms. The predicted octanol–water partition coefficient (Wildman–Crippen LogP) is 3.13. The normalized spacial score (nSPS) is 20.3. The topological polar surface area (TPSA) is 121 Å². The van der Waals surface area contributed by atoms with E-state index in [-0.39, 0.29) is 23.5 Å². The van der Waals surface area contributed by atoms with E-state index < -0.39 is 18.1 Å². The lowest BCUT2D eigenvalue weighted by molar-refractivity contribution is -0.153. The zero-order valence-corrected chi connectivity index (χ0v) is 16.7. The Kier molecular flexibility index (Phi) is 5.76. The third kappa shape index (κ3) is 3.66. The Labute approximate surface area is 177 Å². The summed E-state index contributed by atoms with van der Waals surface area (Å²) in [7, 11) is 0. The molecule has 30 heavy (non-hydrogen) atoms. The van der Waals surface area contributed by atoms with Crippen LogP contribution < -0.4 is 5.73 Å². The number of azide groups is 1. The van der Waals surface area contributed by atoms with Gasteiger partial charge in [0.05, 0.1) is 6.54 Å². The smallest absolute Gasteiger partial charge is 0.356 e. The number of rotatable bonds is 6. The highest BCUT2D eigenvalue weighted by Gasteiger charge is 2.52. The van der Waals surface area contributed by atoms with Gasteiger partial charge in [-0.05, 0) is 22.2 Å². The van der Waals surface area contributed by atoms with Gasteiger partial charge in [0.1, 0.15) is 17.1 Å². The van der Waals surface area contributed by atoms with E-state index in [1.807, 2.05) is 60.7 Å². The number of thioether (sulfide) groups is 1. The molecule has 2 aliphatic heterocycles. The van der Waals surface area contributed by atoms with E-state index in [1.165, 1.54) is 16.7 Å². The van der Waals surface area contributed by atoms with Crippen LogP contribution in [0.2, 0.25) is 0 Å². The van der Waals surface area contributed by atoms with Gasteiger partial charge in [0, 0.05) is 10.7 Å². The van der Waals surface area contributed by atoms with Crippen molar-refractivity contribution in [2.75, 3.05) is 12.3 Å². The van der Waals surface area contributed by atoms with E-state index in [9.17, 15) is 9.59 Å². The van der Waals surface area contributed by atoms with Gasteiger partial charge in [0.15, 0.2) is 6.10 Å². The lowest BCUT2D eigenvalue weighted by Gasteiger charge is -2.48. The molecule has 0 bridgehead atoms. The number of fused-ring (bicyclic) bond motifs is 1. The fourth-order valence-electron chi connectivity index (χ4n) is 3.55. The van der Waals surface area contributed by atoms with E-state index >= 15 is 0 Å². The number of hydrogen-bond acceptors (Lipinski definition) is 6. The van der Waals surface area contributed by atoms with Gasteiger partial charge in [-0.25, -0.2) is 4.79 Å². The number of hydrogen-bond donors (Lipinski definition) is 1. The highest BCUT2D eigenvalue weighted by molar-refractivity contribution is 8.00. The van der Waals surface area contributed by atoms with Gasteiger partial charge >= 0.3 is 5.97 Å². The molecule has 1 fully saturated rings. The molecule has 0 aliphatic carbocycles. The van der Waals surface area contributed by atoms with Crippen LogP contribution in [-0.4, -0.2) is 40.5 Å². The first-order valence-corrected chi connectivity index (χ1v) is 10.4. The minimum Gasteiger partial charge on any atom is -0.448 e. The number of carbonyl (C=O) groups is 2. The number of β-lactam (4-membered cyclic amide) rings is 1. The zero-order chi connectivity index (χ0) is 21.1. The molecule has 1 unspecified atom stereocenters. The first kappa shape index (κ1) is 20.0. The van der Waals surface area contributed by atoms with Crippen molar-refractivity contribution in [2.45, 2.75) is 17.5 Å². The summed E-state index contributed by atoms with van der Waals surface area (Å²) in [6.45, 7) is -0.0129. The Bertz CT molecular complexity index is 998. The maximum absolute atomic E-state index is 13.3. The summed E-state index contributed by atoms with van der Waals surface area (Å²) in [4.78, 5) is 29.9. The molecule has 4 rings (SSSR count). The highest BCUT2D eigenvalue weighted by atomic mass is 32.2. The summed E-state index contributed by atoms with van der Waals surface area (Å²) in [5, 5.41) is 3.27. The van der Waals surface area contributed by atoms with Crippen LogP contribution in [0.25, 0.3) is 10.4 Å². The minimum absolute atomic E-state index is 0.0129. The van der Waals surface area contributed by atoms with Gasteiger partial charge in [-0.2, -0.15) is 0 Å². The van der Waals surface area contributed by atoms with Gasteiger partial charge in [-0.15, -0.1) is 11.8 Å². The third-order valence-corrected chi connectivity index (χ3v) is 6.40. The van der Waals surface area contributed by atoms with E-state index in [4.69, 9.17) is 16.0 Å². The van der Waals surface area contributed by atoms with Crippen molar-refractivity contribution in [1.82, 2.24) is 4.90 Å². The number of amides is 1. The summed E-state index contributed by atoms with van der Waals surface area (Å²) >= 11 is 1.45. The lowest BCUT2D eigenvalue weighted by atomic mass is 10.0. The Morgan fingerprint density at radius 2 is 1.80 bits per heavy atom. The second-order valence-electron chi connectivity index (χ2n) is 6.88. The first-order chi connectivity index (χ1) is 14.6. The van der Waals surface area contributed by atoms with Crippen molar-refractivity contribution in [3.8, 4) is 0 Å². The van der Waals surface area contributed by atoms with Crippen molar-refractivity contribution in [3.63, 3.8) is 0 Å². The Hall–Kier alpha value is -3.26. The van der Waals surface area contributed by atoms with E-state index in [2.05, 4.69) is 10.0 Å². The van der Waals surface area contributed by atoms with Gasteiger partial charge in [0.25, 0.3) is 0 Å². The Balaban J connectivity index is 1.70. The number of benzene rings is 2. The molecule has 0 radical (unpaired) electrons. The average Bonchev–Trinajstić information content (AvgIpc) is 2.81. The van der Waals surface area contributed by atoms with Gasteiger partial charge in [-0.3, -0.25) is 9.69 Å². The summed E-state index contributed by atoms with van der Waals surface area (Å²) in [6, 6.07) is 18.1. The van der Waals surface area contributed by atoms with E-state index in [0.29, 0.717) is 11.3 Å². The van der Waals surface area contributed by atoms with E-state index in [0.717, 1.165) is 11.1 Å². The van der Waals surface area contributed by atoms with Gasteiger partial charge < -0.3 is 10.5 Å². The molecule has 1 saturated heterocycles. The third-order valence-electron chi connectivity index (χ3n) is 5.04. The summed E-state index contributed by atoms with van der Waals surface area (Å²) in [5.41, 5.74) is 16.9. The van der Waals surface area contributed by atoms with Crippen molar-refractivity contribution >= 4 is 23.6 Å². The summed E-state index contributed by atoms with van der Waals surface area (Å²) in [6.07, 6.45) is -0.647. The van der Waals surface area contributed by atoms with Crippen molar-refractivity contribution in [1.29, 1.82) is 0 Å². The maximum atomic E-state index is 13.3. The van der Waals surface area contributed by atoms with Crippen molar-refractivity contribution in [3.05, 3.63) is 93.5 Å². The zero-order valence-electron chi connectivity index (χ0n) is 15.9. The van der Waals surface area contributed by atoms with Crippen LogP contribution in [0, 0.1) is 0 Å². The SMILES string of the molecule is [N-]=[N+]=NCC1=C(C(=O)OC(c2ccccc2)c2ccccc2)N2C(=O)C(N)[C@@H]2SC1. The molecule has 2 N–H and O–H groups in total. The monoisotopic (exact) mass is 421 g/mol. The average molecular weight is 421 g/mol. The Morgan fingerprint density at radius 3 is 2.37 bits per heavy atom. The van der Waals surface area contributed by atoms with Crippen LogP contribution in [0.15, 0.2) is 77.0 Å². The van der Waals surface area contributed by atoms with Gasteiger partial charge in [0.2, 0.25) is 5.91 Å². The number of ether oxygens (including phenoxy) is 1. The molecule has 0 saturated carbocycles. The lowest BCUT2D eigenvalue weighted by Crippen LogP contribution is -2.68. The van der Waals surface area contributed by atoms with Crippen LogP contribution >= 0.6 is 11.8 Å². The van der Waals surface area contributed by atoms with Crippen LogP contribution in [-0.2, 0) is 14.3 Å². The molecule has 2 aromatic carbocycles. The minimum atomic E-state index is -0.655. The van der Waals surface area contributed by atoms with Crippen molar-refractivity contribution < 1.29 is 14.3 Å². The van der Waals surface area contributed by atoms with E-state index in [1.54, 1.807) is 0 Å². The second-order valence-corrected chi connectivity index (χ2v) is 7.99. The second kappa shape index (κ2) is 8.62. The quantitative estimate of drug-likeness (QED) is 0.252. The highest BCUT2D eigenvalue weighted by Crippen LogP contribution is 2.40. The Morgan fingerprint density at radius 1 is 1.20 bits per heavy atom. The molecule has 2 heterocycles. The number of nitrogens with zero attached hydrogens (tertiary/aromatic N) is 4. The number of esters is 1. The molecule has 2 atom stereocenters. The largest absolute Gasteiger partial charge is 0.448 e. The summed E-state index contributed by atoms with van der Waals surface area (Å²) in [5.74, 6) is -0.539. The molecule has 8 nitrogen and oxygen atoms in total. The molecular formula is C21H19N5O3S. The fraction of sp³-hybridized carbons (Fsp3) is 0.238. The molecule has 2 aromatic rings. The van der Waals surface area contributed by atoms with Crippen LogP contribution in [0.3, 0.4) is 0 Å². The fourth-order valence-corrected chi connectivity index (χ4v) is 4.84. The molecule has 9 heteroatoms. The maximum Gasteiger partial charge on any atom is 0.356 e. The molecular weight excluding hydrogens is 402 g/mol. The van der Waals surface area contributed by atoms with Crippen LogP contribution in [0.4, 0.5) is 0 Å². The molecule has 1 amide bonds. The number of nitrogens with two attached hydrogens (primary N) is 1.